The Morgan fingerprint density at radius 2 is 2.00 bits per heavy atom. The van der Waals surface area contributed by atoms with Gasteiger partial charge in [-0.1, -0.05) is 32.1 Å². The van der Waals surface area contributed by atoms with E-state index in [9.17, 15) is 4.79 Å². The van der Waals surface area contributed by atoms with Crippen LogP contribution < -0.4 is 5.32 Å². The van der Waals surface area contributed by atoms with Crippen LogP contribution in [-0.2, 0) is 11.3 Å². The van der Waals surface area contributed by atoms with Gasteiger partial charge in [0.15, 0.2) is 0 Å². The molecule has 94 valence electrons. The molecule has 0 saturated heterocycles. The molecule has 1 aliphatic rings. The lowest BCUT2D eigenvalue weighted by molar-refractivity contribution is -0.125. The van der Waals surface area contributed by atoms with Crippen LogP contribution in [0.5, 0.6) is 0 Å². The zero-order valence-corrected chi connectivity index (χ0v) is 10.2. The van der Waals surface area contributed by atoms with E-state index in [2.05, 4.69) is 15.3 Å². The summed E-state index contributed by atoms with van der Waals surface area (Å²) in [5.41, 5.74) is 0. The predicted molar refractivity (Wildman–Crippen MR) is 66.2 cm³/mol. The summed E-state index contributed by atoms with van der Waals surface area (Å²) in [6, 6.07) is 0. The van der Waals surface area contributed by atoms with Crippen molar-refractivity contribution in [2.24, 2.45) is 5.92 Å². The predicted octanol–water partition coefficient (Wildman–Crippen LogP) is 2.39. The molecule has 0 aromatic carbocycles. The van der Waals surface area contributed by atoms with Gasteiger partial charge in [-0.3, -0.25) is 4.79 Å². The number of aromatic nitrogens is 2. The number of H-pyrrole nitrogens is 1. The zero-order chi connectivity index (χ0) is 11.9. The number of aromatic amines is 1. The molecule has 0 atom stereocenters. The molecular weight excluding hydrogens is 214 g/mol. The van der Waals surface area contributed by atoms with Crippen molar-refractivity contribution in [3.8, 4) is 0 Å². The highest BCUT2D eigenvalue weighted by Gasteiger charge is 2.18. The van der Waals surface area contributed by atoms with Crippen LogP contribution >= 0.6 is 0 Å². The molecule has 1 saturated carbocycles. The van der Waals surface area contributed by atoms with Crippen LogP contribution in [0, 0.1) is 5.92 Å². The van der Waals surface area contributed by atoms with Gasteiger partial charge in [-0.05, 0) is 12.8 Å². The highest BCUT2D eigenvalue weighted by Crippen LogP contribution is 2.22. The van der Waals surface area contributed by atoms with Gasteiger partial charge in [0.1, 0.15) is 5.82 Å². The molecule has 2 N–H and O–H groups in total. The molecule has 17 heavy (non-hydrogen) atoms. The molecule has 1 aromatic rings. The molecular formula is C13H21N3O. The number of nitrogens with one attached hydrogen (secondary N) is 2. The molecule has 1 aromatic heterocycles. The Bertz CT molecular complexity index is 326. The molecule has 1 amide bonds. The van der Waals surface area contributed by atoms with E-state index in [1.165, 1.54) is 32.1 Å². The van der Waals surface area contributed by atoms with Crippen molar-refractivity contribution in [3.05, 3.63) is 18.2 Å². The molecule has 0 aliphatic heterocycles. The maximum atomic E-state index is 12.0. The van der Waals surface area contributed by atoms with Gasteiger partial charge in [0.25, 0.3) is 0 Å². The number of carbonyl (C=O) groups excluding carboxylic acids is 1. The lowest BCUT2D eigenvalue weighted by atomic mass is 9.90. The van der Waals surface area contributed by atoms with Gasteiger partial charge >= 0.3 is 0 Å². The fourth-order valence-corrected chi connectivity index (χ4v) is 2.43. The van der Waals surface area contributed by atoms with E-state index in [1.54, 1.807) is 12.4 Å². The maximum absolute atomic E-state index is 12.0. The number of amides is 1. The minimum Gasteiger partial charge on any atom is -0.349 e. The first-order valence-electron chi connectivity index (χ1n) is 6.62. The monoisotopic (exact) mass is 235 g/mol. The SMILES string of the molecule is O=C(NCc1ncc[nH]1)C1CCCCCCC1. The average Bonchev–Trinajstić information content (AvgIpc) is 2.78. The van der Waals surface area contributed by atoms with Crippen LogP contribution in [0.25, 0.3) is 0 Å². The van der Waals surface area contributed by atoms with E-state index in [4.69, 9.17) is 0 Å². The Hall–Kier alpha value is -1.32. The van der Waals surface area contributed by atoms with E-state index in [-0.39, 0.29) is 11.8 Å². The molecule has 4 heteroatoms. The molecule has 1 fully saturated rings. The maximum Gasteiger partial charge on any atom is 0.223 e. The van der Waals surface area contributed by atoms with Crippen LogP contribution in [0.4, 0.5) is 0 Å². The smallest absolute Gasteiger partial charge is 0.223 e. The summed E-state index contributed by atoms with van der Waals surface area (Å²) in [5, 5.41) is 2.97. The molecule has 4 nitrogen and oxygen atoms in total. The summed E-state index contributed by atoms with van der Waals surface area (Å²) in [6.45, 7) is 0.516. The fraction of sp³-hybridized carbons (Fsp3) is 0.692. The minimum atomic E-state index is 0.198. The van der Waals surface area contributed by atoms with E-state index in [0.29, 0.717) is 6.54 Å². The summed E-state index contributed by atoms with van der Waals surface area (Å²) in [7, 11) is 0. The normalized spacial score (nSPS) is 18.4. The van der Waals surface area contributed by atoms with E-state index < -0.39 is 0 Å². The highest BCUT2D eigenvalue weighted by molar-refractivity contribution is 5.78. The fourth-order valence-electron chi connectivity index (χ4n) is 2.43. The number of nitrogens with zero attached hydrogens (tertiary/aromatic N) is 1. The molecule has 0 unspecified atom stereocenters. The van der Waals surface area contributed by atoms with E-state index >= 15 is 0 Å². The van der Waals surface area contributed by atoms with Crippen molar-refractivity contribution in [3.63, 3.8) is 0 Å². The second-order valence-electron chi connectivity index (χ2n) is 4.80. The third-order valence-corrected chi connectivity index (χ3v) is 3.46. The van der Waals surface area contributed by atoms with Gasteiger partial charge in [0.05, 0.1) is 6.54 Å². The first-order valence-corrected chi connectivity index (χ1v) is 6.62. The molecule has 0 bridgehead atoms. The summed E-state index contributed by atoms with van der Waals surface area (Å²) in [6.07, 6.45) is 11.9. The molecule has 0 spiro atoms. The van der Waals surface area contributed by atoms with Crippen molar-refractivity contribution < 1.29 is 4.79 Å². The van der Waals surface area contributed by atoms with Crippen molar-refractivity contribution in [1.82, 2.24) is 15.3 Å². The van der Waals surface area contributed by atoms with Crippen LogP contribution in [0.2, 0.25) is 0 Å². The van der Waals surface area contributed by atoms with E-state index in [1.807, 2.05) is 0 Å². The molecule has 1 heterocycles. The number of imidazole rings is 1. The second kappa shape index (κ2) is 6.42. The molecule has 0 radical (unpaired) electrons. The number of rotatable bonds is 3. The van der Waals surface area contributed by atoms with Crippen molar-refractivity contribution in [2.45, 2.75) is 51.5 Å². The summed E-state index contributed by atoms with van der Waals surface area (Å²) in [4.78, 5) is 19.1. The first kappa shape index (κ1) is 12.1. The van der Waals surface area contributed by atoms with Crippen LogP contribution in [0.15, 0.2) is 12.4 Å². The van der Waals surface area contributed by atoms with Crippen LogP contribution in [0.3, 0.4) is 0 Å². The lowest BCUT2D eigenvalue weighted by Gasteiger charge is -2.18. The molecule has 2 rings (SSSR count). The van der Waals surface area contributed by atoms with Gasteiger partial charge in [-0.15, -0.1) is 0 Å². The van der Waals surface area contributed by atoms with Gasteiger partial charge in [0, 0.05) is 18.3 Å². The minimum absolute atomic E-state index is 0.198. The first-order chi connectivity index (χ1) is 8.36. The van der Waals surface area contributed by atoms with Gasteiger partial charge in [-0.25, -0.2) is 4.98 Å². The number of carbonyl (C=O) groups is 1. The standard InChI is InChI=1S/C13H21N3O/c17-13(16-10-12-14-8-9-15-12)11-6-4-2-1-3-5-7-11/h8-9,11H,1-7,10H2,(H,14,15)(H,16,17). The van der Waals surface area contributed by atoms with Gasteiger partial charge in [-0.2, -0.15) is 0 Å². The Morgan fingerprint density at radius 1 is 1.29 bits per heavy atom. The Labute approximate surface area is 102 Å². The Kier molecular flexibility index (Phi) is 4.59. The largest absolute Gasteiger partial charge is 0.349 e. The third kappa shape index (κ3) is 3.88. The van der Waals surface area contributed by atoms with Crippen molar-refractivity contribution in [1.29, 1.82) is 0 Å². The number of hydrogen-bond acceptors (Lipinski definition) is 2. The quantitative estimate of drug-likeness (QED) is 0.845. The van der Waals surface area contributed by atoms with Crippen molar-refractivity contribution >= 4 is 5.91 Å². The lowest BCUT2D eigenvalue weighted by Crippen LogP contribution is -2.31. The zero-order valence-electron chi connectivity index (χ0n) is 10.2. The summed E-state index contributed by atoms with van der Waals surface area (Å²) in [5.74, 6) is 1.23. The topological polar surface area (TPSA) is 57.8 Å². The third-order valence-electron chi connectivity index (χ3n) is 3.46. The Balaban J connectivity index is 1.77. The summed E-state index contributed by atoms with van der Waals surface area (Å²) >= 11 is 0. The van der Waals surface area contributed by atoms with Gasteiger partial charge in [0.2, 0.25) is 5.91 Å². The Morgan fingerprint density at radius 3 is 2.65 bits per heavy atom. The number of hydrogen-bond donors (Lipinski definition) is 2. The summed E-state index contributed by atoms with van der Waals surface area (Å²) < 4.78 is 0. The average molecular weight is 235 g/mol. The van der Waals surface area contributed by atoms with Crippen LogP contribution in [0.1, 0.15) is 50.8 Å². The van der Waals surface area contributed by atoms with E-state index in [0.717, 1.165) is 18.7 Å². The molecule has 1 aliphatic carbocycles. The van der Waals surface area contributed by atoms with Crippen molar-refractivity contribution in [2.75, 3.05) is 0 Å². The highest BCUT2D eigenvalue weighted by atomic mass is 16.1. The van der Waals surface area contributed by atoms with Crippen LogP contribution in [-0.4, -0.2) is 15.9 Å². The second-order valence-corrected chi connectivity index (χ2v) is 4.80. The van der Waals surface area contributed by atoms with Gasteiger partial charge < -0.3 is 10.3 Å².